The highest BCUT2D eigenvalue weighted by Gasteiger charge is 2.39. The summed E-state index contributed by atoms with van der Waals surface area (Å²) in [7, 11) is 0. The Hall–Kier alpha value is -1.06. The van der Waals surface area contributed by atoms with E-state index in [0.717, 1.165) is 25.4 Å². The summed E-state index contributed by atoms with van der Waals surface area (Å²) in [5.74, 6) is 2.26. The quantitative estimate of drug-likeness (QED) is 0.924. The Bertz CT molecular complexity index is 476. The van der Waals surface area contributed by atoms with E-state index >= 15 is 0 Å². The molecule has 1 heterocycles. The average Bonchev–Trinajstić information content (AvgIpc) is 2.98. The summed E-state index contributed by atoms with van der Waals surface area (Å²) in [6.45, 7) is 7.33. The van der Waals surface area contributed by atoms with Crippen molar-refractivity contribution >= 4 is 0 Å². The van der Waals surface area contributed by atoms with Gasteiger partial charge >= 0.3 is 0 Å². The van der Waals surface area contributed by atoms with Gasteiger partial charge in [0.05, 0.1) is 6.61 Å². The van der Waals surface area contributed by atoms with E-state index in [0.29, 0.717) is 23.9 Å². The first-order chi connectivity index (χ1) is 10.3. The first-order valence-corrected chi connectivity index (χ1v) is 8.43. The molecular formula is C18H28N2O. The molecule has 2 N–H and O–H groups in total. The van der Waals surface area contributed by atoms with Crippen molar-refractivity contribution in [3.8, 4) is 5.75 Å². The van der Waals surface area contributed by atoms with Gasteiger partial charge in [-0.25, -0.2) is 0 Å². The molecule has 3 heteroatoms. The van der Waals surface area contributed by atoms with E-state index in [1.807, 2.05) is 0 Å². The van der Waals surface area contributed by atoms with E-state index in [4.69, 9.17) is 10.5 Å². The summed E-state index contributed by atoms with van der Waals surface area (Å²) in [4.78, 5) is 2.70. The van der Waals surface area contributed by atoms with E-state index < -0.39 is 0 Å². The Labute approximate surface area is 128 Å². The molecule has 0 bridgehead atoms. The number of nitrogens with two attached hydrogens (primary N) is 1. The fourth-order valence-electron chi connectivity index (χ4n) is 4.35. The molecule has 1 fully saturated rings. The van der Waals surface area contributed by atoms with Crippen LogP contribution >= 0.6 is 0 Å². The molecule has 3 rings (SSSR count). The van der Waals surface area contributed by atoms with Gasteiger partial charge in [0.15, 0.2) is 0 Å². The van der Waals surface area contributed by atoms with Crippen molar-refractivity contribution in [1.82, 2.24) is 4.90 Å². The number of hydrogen-bond acceptors (Lipinski definition) is 3. The summed E-state index contributed by atoms with van der Waals surface area (Å²) in [6.07, 6.45) is 3.90. The lowest BCUT2D eigenvalue weighted by atomic mass is 9.88. The van der Waals surface area contributed by atoms with Crippen LogP contribution in [0.1, 0.15) is 44.7 Å². The van der Waals surface area contributed by atoms with Crippen LogP contribution in [0.3, 0.4) is 0 Å². The largest absolute Gasteiger partial charge is 0.493 e. The van der Waals surface area contributed by atoms with Crippen molar-refractivity contribution in [2.45, 2.75) is 45.2 Å². The molecule has 0 radical (unpaired) electrons. The molecule has 3 nitrogen and oxygen atoms in total. The first kappa shape index (κ1) is 14.9. The molecule has 0 aromatic heterocycles. The third-order valence-corrected chi connectivity index (χ3v) is 5.35. The van der Waals surface area contributed by atoms with Gasteiger partial charge in [-0.15, -0.1) is 0 Å². The summed E-state index contributed by atoms with van der Waals surface area (Å²) < 4.78 is 5.93. The number of ether oxygens (including phenoxy) is 1. The smallest absolute Gasteiger partial charge is 0.124 e. The van der Waals surface area contributed by atoms with Gasteiger partial charge in [0.1, 0.15) is 5.75 Å². The van der Waals surface area contributed by atoms with E-state index in [2.05, 4.69) is 43.0 Å². The van der Waals surface area contributed by atoms with Gasteiger partial charge in [-0.3, -0.25) is 4.90 Å². The second-order valence-corrected chi connectivity index (χ2v) is 6.60. The van der Waals surface area contributed by atoms with Crippen molar-refractivity contribution < 1.29 is 4.74 Å². The topological polar surface area (TPSA) is 38.5 Å². The van der Waals surface area contributed by atoms with Crippen molar-refractivity contribution in [2.75, 3.05) is 19.7 Å². The zero-order chi connectivity index (χ0) is 14.8. The minimum Gasteiger partial charge on any atom is -0.493 e. The second kappa shape index (κ2) is 6.37. The van der Waals surface area contributed by atoms with Crippen LogP contribution in [0, 0.1) is 11.8 Å². The maximum atomic E-state index is 6.02. The number of para-hydroxylation sites is 1. The molecule has 2 aliphatic rings. The molecule has 116 valence electrons. The molecule has 0 saturated heterocycles. The molecule has 1 aliphatic heterocycles. The molecule has 0 spiro atoms. The Kier molecular flexibility index (Phi) is 4.51. The maximum Gasteiger partial charge on any atom is 0.124 e. The number of fused-ring (bicyclic) bond motifs is 1. The molecule has 21 heavy (non-hydrogen) atoms. The van der Waals surface area contributed by atoms with E-state index in [-0.39, 0.29) is 0 Å². The van der Waals surface area contributed by atoms with Gasteiger partial charge in [0.25, 0.3) is 0 Å². The maximum absolute atomic E-state index is 6.02. The molecule has 1 aromatic carbocycles. The lowest BCUT2D eigenvalue weighted by Gasteiger charge is -2.44. The Morgan fingerprint density at radius 2 is 2.10 bits per heavy atom. The van der Waals surface area contributed by atoms with Crippen molar-refractivity contribution in [3.05, 3.63) is 29.8 Å². The van der Waals surface area contributed by atoms with Gasteiger partial charge in [0, 0.05) is 23.6 Å². The molecule has 4 unspecified atom stereocenters. The van der Waals surface area contributed by atoms with Gasteiger partial charge in [-0.05, 0) is 37.9 Å². The highest BCUT2D eigenvalue weighted by Crippen LogP contribution is 2.43. The lowest BCUT2D eigenvalue weighted by molar-refractivity contribution is 0.0465. The van der Waals surface area contributed by atoms with Crippen molar-refractivity contribution in [2.24, 2.45) is 17.6 Å². The standard InChI is InChI=1S/C18H28N2O/c1-3-20(16-9-6-7-14(16)11-19)18-13(2)12-21-17-10-5-4-8-15(17)18/h4-5,8,10,13-14,16,18H,3,6-7,9,11-12,19H2,1-2H3. The second-order valence-electron chi connectivity index (χ2n) is 6.60. The van der Waals surface area contributed by atoms with Crippen LogP contribution in [-0.4, -0.2) is 30.6 Å². The van der Waals surface area contributed by atoms with Gasteiger partial charge in [0.2, 0.25) is 0 Å². The normalized spacial score (nSPS) is 32.0. The third-order valence-electron chi connectivity index (χ3n) is 5.35. The zero-order valence-electron chi connectivity index (χ0n) is 13.3. The molecule has 4 atom stereocenters. The lowest BCUT2D eigenvalue weighted by Crippen LogP contribution is -2.46. The molecule has 1 aromatic rings. The number of nitrogens with zero attached hydrogens (tertiary/aromatic N) is 1. The summed E-state index contributed by atoms with van der Waals surface area (Å²) in [6, 6.07) is 9.66. The Morgan fingerprint density at radius 1 is 1.29 bits per heavy atom. The number of hydrogen-bond donors (Lipinski definition) is 1. The Balaban J connectivity index is 1.92. The van der Waals surface area contributed by atoms with Crippen LogP contribution in [0.15, 0.2) is 24.3 Å². The first-order valence-electron chi connectivity index (χ1n) is 8.43. The van der Waals surface area contributed by atoms with Crippen LogP contribution in [0.2, 0.25) is 0 Å². The van der Waals surface area contributed by atoms with Gasteiger partial charge in [-0.1, -0.05) is 38.5 Å². The Morgan fingerprint density at radius 3 is 2.86 bits per heavy atom. The highest BCUT2D eigenvalue weighted by molar-refractivity contribution is 5.38. The molecule has 1 saturated carbocycles. The summed E-state index contributed by atoms with van der Waals surface area (Å²) in [5.41, 5.74) is 7.39. The van der Waals surface area contributed by atoms with E-state index in [1.165, 1.54) is 24.8 Å². The van der Waals surface area contributed by atoms with Crippen LogP contribution in [-0.2, 0) is 0 Å². The fraction of sp³-hybridized carbons (Fsp3) is 0.667. The highest BCUT2D eigenvalue weighted by atomic mass is 16.5. The fourth-order valence-corrected chi connectivity index (χ4v) is 4.35. The van der Waals surface area contributed by atoms with E-state index in [9.17, 15) is 0 Å². The number of rotatable bonds is 4. The van der Waals surface area contributed by atoms with Gasteiger partial charge in [-0.2, -0.15) is 0 Å². The van der Waals surface area contributed by atoms with Crippen molar-refractivity contribution in [1.29, 1.82) is 0 Å². The minimum absolute atomic E-state index is 0.470. The van der Waals surface area contributed by atoms with Crippen LogP contribution < -0.4 is 10.5 Å². The predicted octanol–water partition coefficient (Wildman–Crippen LogP) is 3.21. The van der Waals surface area contributed by atoms with Crippen molar-refractivity contribution in [3.63, 3.8) is 0 Å². The number of benzene rings is 1. The monoisotopic (exact) mass is 288 g/mol. The summed E-state index contributed by atoms with van der Waals surface area (Å²) >= 11 is 0. The minimum atomic E-state index is 0.470. The predicted molar refractivity (Wildman–Crippen MR) is 86.4 cm³/mol. The van der Waals surface area contributed by atoms with E-state index in [1.54, 1.807) is 0 Å². The van der Waals surface area contributed by atoms with Crippen LogP contribution in [0.4, 0.5) is 0 Å². The zero-order valence-corrected chi connectivity index (χ0v) is 13.3. The average molecular weight is 288 g/mol. The summed E-state index contributed by atoms with van der Waals surface area (Å²) in [5, 5.41) is 0. The van der Waals surface area contributed by atoms with Crippen LogP contribution in [0.5, 0.6) is 5.75 Å². The molecule has 1 aliphatic carbocycles. The third kappa shape index (κ3) is 2.69. The van der Waals surface area contributed by atoms with Gasteiger partial charge < -0.3 is 10.5 Å². The SMILES string of the molecule is CCN(C1CCCC1CN)C1c2ccccc2OCC1C. The molecule has 0 amide bonds. The molecular weight excluding hydrogens is 260 g/mol. The van der Waals surface area contributed by atoms with Crippen LogP contribution in [0.25, 0.3) is 0 Å².